The highest BCUT2D eigenvalue weighted by Crippen LogP contribution is 2.32. The lowest BCUT2D eigenvalue weighted by Gasteiger charge is -2.33. The van der Waals surface area contributed by atoms with Crippen LogP contribution in [0.4, 0.5) is 4.39 Å². The highest BCUT2D eigenvalue weighted by Gasteiger charge is 2.28. The average Bonchev–Trinajstić information content (AvgIpc) is 3.14. The van der Waals surface area contributed by atoms with E-state index in [2.05, 4.69) is 20.2 Å². The van der Waals surface area contributed by atoms with Gasteiger partial charge in [-0.3, -0.25) is 10.1 Å². The van der Waals surface area contributed by atoms with Crippen molar-refractivity contribution in [2.45, 2.75) is 19.8 Å². The van der Waals surface area contributed by atoms with Crippen LogP contribution in [0.15, 0.2) is 36.7 Å². The molecule has 3 aromatic rings. The number of aromatic nitrogens is 2. The maximum atomic E-state index is 14.9. The quantitative estimate of drug-likeness (QED) is 0.563. The number of carbonyl (C=O) groups excluding carboxylic acids is 1. The summed E-state index contributed by atoms with van der Waals surface area (Å²) in [6.45, 7) is 4.78. The van der Waals surface area contributed by atoms with Crippen molar-refractivity contribution in [3.8, 4) is 11.5 Å². The van der Waals surface area contributed by atoms with Crippen LogP contribution in [0.1, 0.15) is 17.5 Å². The standard InChI is InChI=1S/C24H30FN5O2/c1-16-13-28-23-22(16)21(7-8-27-23)32-20-6-5-17(12-19(20)25)11-18-14-26-15-30(24(18)31)10-4-9-29(2)3/h5-8,12-13,18,26H,4,9-11,14-15H2,1-3H3,(H,27,28). The second-order valence-electron chi connectivity index (χ2n) is 8.64. The maximum Gasteiger partial charge on any atom is 0.228 e. The van der Waals surface area contributed by atoms with Gasteiger partial charge in [0.2, 0.25) is 5.91 Å². The number of ether oxygens (including phenoxy) is 1. The number of aromatic amines is 1. The summed E-state index contributed by atoms with van der Waals surface area (Å²) >= 11 is 0. The van der Waals surface area contributed by atoms with Gasteiger partial charge in [-0.2, -0.15) is 0 Å². The van der Waals surface area contributed by atoms with Gasteiger partial charge < -0.3 is 19.5 Å². The van der Waals surface area contributed by atoms with E-state index in [4.69, 9.17) is 4.74 Å². The van der Waals surface area contributed by atoms with E-state index in [-0.39, 0.29) is 17.6 Å². The van der Waals surface area contributed by atoms with Crippen molar-refractivity contribution in [1.29, 1.82) is 0 Å². The van der Waals surface area contributed by atoms with Crippen LogP contribution in [0.2, 0.25) is 0 Å². The van der Waals surface area contributed by atoms with E-state index < -0.39 is 5.82 Å². The molecule has 1 fully saturated rings. The Morgan fingerprint density at radius 2 is 2.12 bits per heavy atom. The third-order valence-corrected chi connectivity index (χ3v) is 5.82. The Morgan fingerprint density at radius 3 is 2.91 bits per heavy atom. The maximum absolute atomic E-state index is 14.9. The molecule has 8 heteroatoms. The number of H-pyrrole nitrogens is 1. The van der Waals surface area contributed by atoms with E-state index in [0.29, 0.717) is 31.0 Å². The number of aryl methyl sites for hydroxylation is 1. The smallest absolute Gasteiger partial charge is 0.228 e. The topological polar surface area (TPSA) is 73.5 Å². The summed E-state index contributed by atoms with van der Waals surface area (Å²) in [7, 11) is 4.05. The predicted octanol–water partition coefficient (Wildman–Crippen LogP) is 3.30. The van der Waals surface area contributed by atoms with Crippen molar-refractivity contribution < 1.29 is 13.9 Å². The molecule has 170 valence electrons. The molecule has 1 amide bonds. The highest BCUT2D eigenvalue weighted by atomic mass is 19.1. The van der Waals surface area contributed by atoms with E-state index in [0.717, 1.165) is 36.0 Å². The number of fused-ring (bicyclic) bond motifs is 1. The van der Waals surface area contributed by atoms with Crippen LogP contribution in [0.3, 0.4) is 0 Å². The Labute approximate surface area is 187 Å². The number of nitrogens with one attached hydrogen (secondary N) is 2. The molecule has 1 atom stereocenters. The Hall–Kier alpha value is -2.97. The van der Waals surface area contributed by atoms with Crippen LogP contribution >= 0.6 is 0 Å². The molecule has 1 aliphatic rings. The highest BCUT2D eigenvalue weighted by molar-refractivity contribution is 5.86. The molecule has 0 spiro atoms. The number of nitrogens with zero attached hydrogens (tertiary/aromatic N) is 3. The summed E-state index contributed by atoms with van der Waals surface area (Å²) in [4.78, 5) is 24.2. The van der Waals surface area contributed by atoms with Crippen LogP contribution in [0.5, 0.6) is 11.5 Å². The minimum atomic E-state index is -0.445. The number of benzene rings is 1. The first-order chi connectivity index (χ1) is 15.4. The molecule has 1 aromatic carbocycles. The molecule has 1 saturated heterocycles. The lowest BCUT2D eigenvalue weighted by molar-refractivity contribution is -0.138. The molecule has 0 bridgehead atoms. The number of pyridine rings is 1. The normalized spacial score (nSPS) is 16.8. The fourth-order valence-electron chi connectivity index (χ4n) is 4.15. The summed E-state index contributed by atoms with van der Waals surface area (Å²) in [5.41, 5.74) is 2.47. The number of hydrogen-bond donors (Lipinski definition) is 2. The molecule has 4 rings (SSSR count). The van der Waals surface area contributed by atoms with E-state index in [1.165, 1.54) is 6.07 Å². The molecular formula is C24H30FN5O2. The zero-order chi connectivity index (χ0) is 22.7. The lowest BCUT2D eigenvalue weighted by atomic mass is 9.96. The number of hydrogen-bond acceptors (Lipinski definition) is 5. The van der Waals surface area contributed by atoms with Crippen LogP contribution < -0.4 is 10.1 Å². The first-order valence-electron chi connectivity index (χ1n) is 11.0. The van der Waals surface area contributed by atoms with Crippen molar-refractivity contribution in [2.75, 3.05) is 40.4 Å². The molecule has 2 aromatic heterocycles. The van der Waals surface area contributed by atoms with Crippen LogP contribution in [0, 0.1) is 18.7 Å². The minimum Gasteiger partial charge on any atom is -0.453 e. The fraction of sp³-hybridized carbons (Fsp3) is 0.417. The number of rotatable bonds is 8. The molecule has 0 saturated carbocycles. The Bertz CT molecular complexity index is 1100. The zero-order valence-corrected chi connectivity index (χ0v) is 18.8. The van der Waals surface area contributed by atoms with Gasteiger partial charge in [0.05, 0.1) is 18.0 Å². The van der Waals surface area contributed by atoms with E-state index >= 15 is 0 Å². The third kappa shape index (κ3) is 4.92. The van der Waals surface area contributed by atoms with Crippen LogP contribution in [-0.4, -0.2) is 66.1 Å². The van der Waals surface area contributed by atoms with Gasteiger partial charge in [0.15, 0.2) is 11.6 Å². The van der Waals surface area contributed by atoms with E-state index in [1.54, 1.807) is 18.3 Å². The number of amides is 1. The summed E-state index contributed by atoms with van der Waals surface area (Å²) in [5.74, 6) is 0.197. The average molecular weight is 440 g/mol. The second-order valence-corrected chi connectivity index (χ2v) is 8.64. The van der Waals surface area contributed by atoms with Crippen LogP contribution in [0.25, 0.3) is 11.0 Å². The van der Waals surface area contributed by atoms with Crippen LogP contribution in [-0.2, 0) is 11.2 Å². The largest absolute Gasteiger partial charge is 0.453 e. The summed E-state index contributed by atoms with van der Waals surface area (Å²) in [5, 5.41) is 4.15. The van der Waals surface area contributed by atoms with Crippen molar-refractivity contribution in [3.05, 3.63) is 53.6 Å². The number of halogens is 1. The van der Waals surface area contributed by atoms with E-state index in [1.807, 2.05) is 38.2 Å². The summed E-state index contributed by atoms with van der Waals surface area (Å²) in [6.07, 6.45) is 4.90. The van der Waals surface area contributed by atoms with E-state index in [9.17, 15) is 9.18 Å². The van der Waals surface area contributed by atoms with Gasteiger partial charge in [-0.25, -0.2) is 9.37 Å². The van der Waals surface area contributed by atoms with Gasteiger partial charge in [-0.05, 0) is 69.7 Å². The van der Waals surface area contributed by atoms with Crippen molar-refractivity contribution in [2.24, 2.45) is 5.92 Å². The van der Waals surface area contributed by atoms with Gasteiger partial charge in [0, 0.05) is 25.5 Å². The molecule has 32 heavy (non-hydrogen) atoms. The van der Waals surface area contributed by atoms with Gasteiger partial charge in [0.1, 0.15) is 11.4 Å². The predicted molar refractivity (Wildman–Crippen MR) is 122 cm³/mol. The Morgan fingerprint density at radius 1 is 1.28 bits per heavy atom. The summed E-state index contributed by atoms with van der Waals surface area (Å²) < 4.78 is 20.8. The molecular weight excluding hydrogens is 409 g/mol. The molecule has 0 radical (unpaired) electrons. The van der Waals surface area contributed by atoms with Gasteiger partial charge in [0.25, 0.3) is 0 Å². The van der Waals surface area contributed by atoms with Gasteiger partial charge >= 0.3 is 0 Å². The zero-order valence-electron chi connectivity index (χ0n) is 18.8. The molecule has 0 aliphatic carbocycles. The Kier molecular flexibility index (Phi) is 6.72. The van der Waals surface area contributed by atoms with Crippen molar-refractivity contribution in [1.82, 2.24) is 25.1 Å². The van der Waals surface area contributed by atoms with Gasteiger partial charge in [-0.15, -0.1) is 0 Å². The van der Waals surface area contributed by atoms with Crippen molar-refractivity contribution >= 4 is 16.9 Å². The molecule has 3 heterocycles. The lowest BCUT2D eigenvalue weighted by Crippen LogP contribution is -2.52. The minimum absolute atomic E-state index is 0.130. The first-order valence-corrected chi connectivity index (χ1v) is 11.0. The third-order valence-electron chi connectivity index (χ3n) is 5.82. The number of carbonyl (C=O) groups is 1. The van der Waals surface area contributed by atoms with Gasteiger partial charge in [-0.1, -0.05) is 6.07 Å². The molecule has 1 aliphatic heterocycles. The van der Waals surface area contributed by atoms with Crippen molar-refractivity contribution in [3.63, 3.8) is 0 Å². The first kappa shape index (κ1) is 22.2. The Balaban J connectivity index is 1.43. The molecule has 7 nitrogen and oxygen atoms in total. The SMILES string of the molecule is Cc1c[nH]c2nccc(Oc3ccc(CC4CNCN(CCCN(C)C)C4=O)cc3F)c12. The monoisotopic (exact) mass is 439 g/mol. The fourth-order valence-corrected chi connectivity index (χ4v) is 4.15. The second kappa shape index (κ2) is 9.67. The molecule has 1 unspecified atom stereocenters. The molecule has 2 N–H and O–H groups in total. The summed E-state index contributed by atoms with van der Waals surface area (Å²) in [6, 6.07) is 6.66.